The van der Waals surface area contributed by atoms with Gasteiger partial charge in [-0.05, 0) is 90.3 Å². The summed E-state index contributed by atoms with van der Waals surface area (Å²) >= 11 is 0. The van der Waals surface area contributed by atoms with E-state index in [0.717, 1.165) is 28.7 Å². The molecule has 52 heavy (non-hydrogen) atoms. The van der Waals surface area contributed by atoms with E-state index in [4.69, 9.17) is 4.18 Å². The number of benzene rings is 6. The van der Waals surface area contributed by atoms with Crippen molar-refractivity contribution in [1.82, 2.24) is 0 Å². The highest BCUT2D eigenvalue weighted by Gasteiger charge is 2.25. The highest BCUT2D eigenvalue weighted by atomic mass is 32.2. The van der Waals surface area contributed by atoms with Crippen LogP contribution in [-0.4, -0.2) is 23.7 Å². The molecule has 3 N–H and O–H groups in total. The molecule has 7 rings (SSSR count). The fraction of sp³-hybridized carbons (Fsp3) is 0.200. The molecule has 0 saturated heterocycles. The maximum Gasteiger partial charge on any atom is 0.339 e. The third-order valence-corrected chi connectivity index (χ3v) is 11.1. The molecule has 6 aromatic rings. The molecule has 0 unspecified atom stereocenters. The summed E-state index contributed by atoms with van der Waals surface area (Å²) in [4.78, 5) is 0.0276. The lowest BCUT2D eigenvalue weighted by Gasteiger charge is -2.21. The standard InChI is InChI=1S/C45H42O6S/c1-28-16-33-24-35-18-29(2)20-37(43(35)47)26-39-22-32(15-14-31-10-6-4-7-11-31)23-40(45(39)51-52(49,50)41-12-8-5-9-13-41)27-38-21-30(3)19-36(44(38)48)25-34(17-28)42(33)46/h4-13,16-23,46-48H,14-15,24-27H2,1-3H3. The summed E-state index contributed by atoms with van der Waals surface area (Å²) in [5.74, 6) is 0.499. The summed E-state index contributed by atoms with van der Waals surface area (Å²) in [7, 11) is -4.26. The molecule has 0 spiro atoms. The number of fused-ring (bicyclic) bond motifs is 8. The molecule has 0 radical (unpaired) electrons. The minimum atomic E-state index is -4.26. The molecule has 8 bridgehead atoms. The average molecular weight is 711 g/mol. The van der Waals surface area contributed by atoms with E-state index in [2.05, 4.69) is 12.1 Å². The van der Waals surface area contributed by atoms with Gasteiger partial charge in [0.2, 0.25) is 0 Å². The Hall–Kier alpha value is -5.53. The topological polar surface area (TPSA) is 104 Å². The van der Waals surface area contributed by atoms with Crippen LogP contribution in [0.2, 0.25) is 0 Å². The van der Waals surface area contributed by atoms with Gasteiger partial charge in [-0.25, -0.2) is 0 Å². The SMILES string of the molecule is Cc1cc2c(O)c(c1)Cc1cc(C)cc(c1O)Cc1cc(CCc3ccccc3)cc(c1OS(=O)(=O)c1ccccc1)Cc1cc(C)cc(c1O)C2. The summed E-state index contributed by atoms with van der Waals surface area (Å²) in [6.07, 6.45) is 2.37. The number of hydrogen-bond donors (Lipinski definition) is 3. The minimum Gasteiger partial charge on any atom is -0.507 e. The van der Waals surface area contributed by atoms with Crippen molar-refractivity contribution in [3.05, 3.63) is 182 Å². The van der Waals surface area contributed by atoms with Crippen LogP contribution < -0.4 is 4.18 Å². The third-order valence-electron chi connectivity index (χ3n) is 9.83. The Kier molecular flexibility index (Phi) is 9.56. The molecular formula is C45H42O6S. The van der Waals surface area contributed by atoms with Crippen LogP contribution in [-0.2, 0) is 48.6 Å². The second-order valence-electron chi connectivity index (χ2n) is 14.1. The van der Waals surface area contributed by atoms with E-state index in [-0.39, 0.29) is 53.6 Å². The number of phenols is 3. The summed E-state index contributed by atoms with van der Waals surface area (Å²) < 4.78 is 33.9. The summed E-state index contributed by atoms with van der Waals surface area (Å²) in [6, 6.07) is 33.7. The van der Waals surface area contributed by atoms with E-state index >= 15 is 0 Å². The minimum absolute atomic E-state index is 0.0276. The van der Waals surface area contributed by atoms with Gasteiger partial charge in [-0.15, -0.1) is 0 Å². The second-order valence-corrected chi connectivity index (χ2v) is 15.6. The van der Waals surface area contributed by atoms with Gasteiger partial charge in [0.25, 0.3) is 0 Å². The van der Waals surface area contributed by atoms with Crippen molar-refractivity contribution in [2.24, 2.45) is 0 Å². The predicted octanol–water partition coefficient (Wildman–Crippen LogP) is 8.96. The van der Waals surface area contributed by atoms with Crippen LogP contribution in [0, 0.1) is 20.8 Å². The lowest BCUT2D eigenvalue weighted by molar-refractivity contribution is 0.453. The number of hydrogen-bond acceptors (Lipinski definition) is 6. The van der Waals surface area contributed by atoms with Crippen molar-refractivity contribution < 1.29 is 27.9 Å². The van der Waals surface area contributed by atoms with E-state index in [0.29, 0.717) is 50.9 Å². The Morgan fingerprint density at radius 2 is 0.827 bits per heavy atom. The number of phenolic OH excluding ortho intramolecular Hbond substituents is 3. The van der Waals surface area contributed by atoms with Crippen LogP contribution in [0.1, 0.15) is 72.3 Å². The van der Waals surface area contributed by atoms with Crippen molar-refractivity contribution in [2.45, 2.75) is 64.2 Å². The Morgan fingerprint density at radius 3 is 1.23 bits per heavy atom. The van der Waals surface area contributed by atoms with Gasteiger partial charge < -0.3 is 19.5 Å². The Morgan fingerprint density at radius 1 is 0.481 bits per heavy atom. The predicted molar refractivity (Wildman–Crippen MR) is 204 cm³/mol. The quantitative estimate of drug-likeness (QED) is 0.149. The Labute approximate surface area is 305 Å². The molecule has 0 atom stereocenters. The number of aromatic hydroxyl groups is 3. The molecule has 0 saturated carbocycles. The first kappa shape index (κ1) is 34.9. The Bertz CT molecular complexity index is 2290. The van der Waals surface area contributed by atoms with Crippen LogP contribution in [0.3, 0.4) is 0 Å². The van der Waals surface area contributed by atoms with Crippen molar-refractivity contribution in [1.29, 1.82) is 0 Å². The van der Waals surface area contributed by atoms with E-state index in [1.165, 1.54) is 17.7 Å². The van der Waals surface area contributed by atoms with Gasteiger partial charge in [0.05, 0.1) is 0 Å². The molecule has 264 valence electrons. The first-order valence-corrected chi connectivity index (χ1v) is 19.0. The summed E-state index contributed by atoms with van der Waals surface area (Å²) in [5.41, 5.74) is 10.0. The average Bonchev–Trinajstić information content (AvgIpc) is 3.11. The van der Waals surface area contributed by atoms with Crippen LogP contribution in [0.25, 0.3) is 0 Å². The zero-order chi connectivity index (χ0) is 36.6. The van der Waals surface area contributed by atoms with Crippen LogP contribution >= 0.6 is 0 Å². The largest absolute Gasteiger partial charge is 0.507 e. The van der Waals surface area contributed by atoms with Crippen LogP contribution in [0.5, 0.6) is 23.0 Å². The van der Waals surface area contributed by atoms with E-state index in [1.807, 2.05) is 87.5 Å². The molecular weight excluding hydrogens is 669 g/mol. The molecule has 0 fully saturated rings. The van der Waals surface area contributed by atoms with Gasteiger partial charge in [0, 0.05) is 36.8 Å². The number of aryl methyl sites for hydroxylation is 5. The lowest BCUT2D eigenvalue weighted by atomic mass is 9.88. The molecule has 1 aliphatic carbocycles. The maximum atomic E-state index is 13.9. The van der Waals surface area contributed by atoms with E-state index in [9.17, 15) is 23.7 Å². The monoisotopic (exact) mass is 710 g/mol. The summed E-state index contributed by atoms with van der Waals surface area (Å²) in [6.45, 7) is 5.90. The Balaban J connectivity index is 1.47. The third kappa shape index (κ3) is 7.41. The van der Waals surface area contributed by atoms with Crippen LogP contribution in [0.15, 0.2) is 114 Å². The normalized spacial score (nSPS) is 12.8. The lowest BCUT2D eigenvalue weighted by Crippen LogP contribution is -2.14. The van der Waals surface area contributed by atoms with Crippen molar-refractivity contribution >= 4 is 10.1 Å². The van der Waals surface area contributed by atoms with Gasteiger partial charge in [0.15, 0.2) is 0 Å². The number of rotatable bonds is 6. The zero-order valence-electron chi connectivity index (χ0n) is 29.6. The smallest absolute Gasteiger partial charge is 0.339 e. The van der Waals surface area contributed by atoms with E-state index in [1.54, 1.807) is 18.2 Å². The fourth-order valence-corrected chi connectivity index (χ4v) is 8.47. The molecule has 7 heteroatoms. The van der Waals surface area contributed by atoms with Crippen LogP contribution in [0.4, 0.5) is 0 Å². The molecule has 1 aliphatic rings. The molecule has 0 heterocycles. The molecule has 0 amide bonds. The van der Waals surface area contributed by atoms with E-state index < -0.39 is 10.1 Å². The maximum absolute atomic E-state index is 13.9. The highest BCUT2D eigenvalue weighted by molar-refractivity contribution is 7.87. The van der Waals surface area contributed by atoms with Gasteiger partial charge in [-0.1, -0.05) is 114 Å². The molecule has 0 aromatic heterocycles. The molecule has 6 nitrogen and oxygen atoms in total. The first-order valence-electron chi connectivity index (χ1n) is 17.6. The van der Waals surface area contributed by atoms with Crippen molar-refractivity contribution in [3.63, 3.8) is 0 Å². The summed E-state index contributed by atoms with van der Waals surface area (Å²) in [5, 5.41) is 35.2. The van der Waals surface area contributed by atoms with Gasteiger partial charge in [0.1, 0.15) is 27.9 Å². The fourth-order valence-electron chi connectivity index (χ4n) is 7.45. The van der Waals surface area contributed by atoms with Gasteiger partial charge in [-0.3, -0.25) is 0 Å². The highest BCUT2D eigenvalue weighted by Crippen LogP contribution is 2.40. The van der Waals surface area contributed by atoms with Crippen molar-refractivity contribution in [2.75, 3.05) is 0 Å². The van der Waals surface area contributed by atoms with Gasteiger partial charge in [-0.2, -0.15) is 8.42 Å². The van der Waals surface area contributed by atoms with Crippen molar-refractivity contribution in [3.8, 4) is 23.0 Å². The zero-order valence-corrected chi connectivity index (χ0v) is 30.4. The first-order chi connectivity index (χ1) is 24.9. The second kappa shape index (κ2) is 14.2. The molecule has 6 aromatic carbocycles. The molecule has 0 aliphatic heterocycles. The van der Waals surface area contributed by atoms with Gasteiger partial charge >= 0.3 is 10.1 Å².